The third kappa shape index (κ3) is 4.18. The summed E-state index contributed by atoms with van der Waals surface area (Å²) in [5.41, 5.74) is 1.62. The van der Waals surface area contributed by atoms with Crippen molar-refractivity contribution >= 4 is 11.7 Å². The van der Waals surface area contributed by atoms with Gasteiger partial charge in [-0.1, -0.05) is 40.0 Å². The summed E-state index contributed by atoms with van der Waals surface area (Å²) in [5, 5.41) is 0. The van der Waals surface area contributed by atoms with Crippen LogP contribution in [0.4, 0.5) is 0 Å². The maximum atomic E-state index is 13.5. The Balaban J connectivity index is 1.61. The average molecular weight is 457 g/mol. The summed E-state index contributed by atoms with van der Waals surface area (Å²) in [6.45, 7) is 15.3. The molecule has 3 fully saturated rings. The topological polar surface area (TPSA) is 40.6 Å². The lowest BCUT2D eigenvalue weighted by molar-refractivity contribution is -0.143. The van der Waals surface area contributed by atoms with Gasteiger partial charge in [-0.25, -0.2) is 0 Å². The summed E-state index contributed by atoms with van der Waals surface area (Å²) in [6, 6.07) is 0. The molecule has 1 aliphatic heterocycles. The molecule has 2 saturated carbocycles. The van der Waals surface area contributed by atoms with Gasteiger partial charge in [-0.15, -0.1) is 0 Å². The second-order valence-corrected chi connectivity index (χ2v) is 12.0. The highest BCUT2D eigenvalue weighted by atomic mass is 16.2. The molecule has 0 radical (unpaired) electrons. The van der Waals surface area contributed by atoms with Gasteiger partial charge < -0.3 is 9.80 Å². The highest BCUT2D eigenvalue weighted by Crippen LogP contribution is 2.65. The van der Waals surface area contributed by atoms with Crippen molar-refractivity contribution in [3.63, 3.8) is 0 Å². The third-order valence-electron chi connectivity index (χ3n) is 10.5. The van der Waals surface area contributed by atoms with E-state index in [0.717, 1.165) is 39.0 Å². The standard InChI is InChI=1S/C29H48N2O2/c1-6-9-10-11-18-31-20-22-23-12-13-25(27(33)30(7-2)8-3)28(23,4)17-15-24(22)29(5)16-14-21(32)19-26(29)31/h19,22-25H,6-18,20H2,1-5H3/t22-,23-,24+,25?,28-,29+/m0/s1. The van der Waals surface area contributed by atoms with Crippen LogP contribution in [0.5, 0.6) is 0 Å². The van der Waals surface area contributed by atoms with Gasteiger partial charge in [-0.3, -0.25) is 9.59 Å². The minimum absolute atomic E-state index is 0.129. The number of hydrogen-bond acceptors (Lipinski definition) is 3. The molecule has 3 aliphatic carbocycles. The fraction of sp³-hybridized carbons (Fsp3) is 0.862. The Morgan fingerprint density at radius 1 is 1.03 bits per heavy atom. The Kier molecular flexibility index (Phi) is 7.32. The predicted octanol–water partition coefficient (Wildman–Crippen LogP) is 6.06. The molecule has 0 aromatic carbocycles. The second kappa shape index (κ2) is 9.74. The fourth-order valence-electron chi connectivity index (χ4n) is 8.52. The molecule has 1 heterocycles. The van der Waals surface area contributed by atoms with Crippen molar-refractivity contribution in [3.05, 3.63) is 11.8 Å². The minimum atomic E-state index is 0.129. The molecule has 1 saturated heterocycles. The Bertz CT molecular complexity index is 772. The highest BCUT2D eigenvalue weighted by molar-refractivity contribution is 5.91. The Morgan fingerprint density at radius 2 is 1.79 bits per heavy atom. The molecule has 33 heavy (non-hydrogen) atoms. The van der Waals surface area contributed by atoms with E-state index in [9.17, 15) is 9.59 Å². The van der Waals surface area contributed by atoms with Crippen molar-refractivity contribution < 1.29 is 9.59 Å². The van der Waals surface area contributed by atoms with Gasteiger partial charge in [0.1, 0.15) is 0 Å². The first-order chi connectivity index (χ1) is 15.8. The summed E-state index contributed by atoms with van der Waals surface area (Å²) >= 11 is 0. The molecule has 4 heteroatoms. The van der Waals surface area contributed by atoms with Gasteiger partial charge in [0.25, 0.3) is 0 Å². The summed E-state index contributed by atoms with van der Waals surface area (Å²) < 4.78 is 0. The minimum Gasteiger partial charge on any atom is -0.374 e. The van der Waals surface area contributed by atoms with Crippen molar-refractivity contribution in [1.29, 1.82) is 0 Å². The molecule has 0 aromatic rings. The van der Waals surface area contributed by atoms with E-state index in [2.05, 4.69) is 44.4 Å². The van der Waals surface area contributed by atoms with Crippen molar-refractivity contribution in [3.8, 4) is 0 Å². The quantitative estimate of drug-likeness (QED) is 0.417. The van der Waals surface area contributed by atoms with Crippen molar-refractivity contribution in [2.24, 2.45) is 34.5 Å². The molecule has 0 N–H and O–H groups in total. The predicted molar refractivity (Wildman–Crippen MR) is 135 cm³/mol. The number of nitrogens with zero attached hydrogens (tertiary/aromatic N) is 2. The lowest BCUT2D eigenvalue weighted by atomic mass is 9.49. The second-order valence-electron chi connectivity index (χ2n) is 12.0. The van der Waals surface area contributed by atoms with E-state index >= 15 is 0 Å². The molecule has 4 nitrogen and oxygen atoms in total. The molecule has 6 atom stereocenters. The van der Waals surface area contributed by atoms with Gasteiger partial charge >= 0.3 is 0 Å². The van der Waals surface area contributed by atoms with Crippen LogP contribution in [0.2, 0.25) is 0 Å². The van der Waals surface area contributed by atoms with Crippen LogP contribution in [0.25, 0.3) is 0 Å². The van der Waals surface area contributed by atoms with Crippen LogP contribution in [0.1, 0.15) is 98.8 Å². The number of fused-ring (bicyclic) bond motifs is 5. The maximum absolute atomic E-state index is 13.5. The van der Waals surface area contributed by atoms with Crippen LogP contribution >= 0.6 is 0 Å². The van der Waals surface area contributed by atoms with Crippen LogP contribution in [0, 0.1) is 34.5 Å². The van der Waals surface area contributed by atoms with E-state index in [1.165, 1.54) is 50.6 Å². The van der Waals surface area contributed by atoms with Gasteiger partial charge in [0, 0.05) is 55.7 Å². The molecule has 4 rings (SSSR count). The number of carbonyl (C=O) groups excluding carboxylic acids is 2. The van der Waals surface area contributed by atoms with E-state index in [1.807, 2.05) is 6.08 Å². The zero-order valence-electron chi connectivity index (χ0n) is 22.0. The van der Waals surface area contributed by atoms with Crippen molar-refractivity contribution in [1.82, 2.24) is 9.80 Å². The number of likely N-dealkylation sites (tertiary alicyclic amines) is 1. The Labute approximate surface area is 202 Å². The van der Waals surface area contributed by atoms with Crippen LogP contribution in [0.3, 0.4) is 0 Å². The summed E-state index contributed by atoms with van der Waals surface area (Å²) in [6.07, 6.45) is 13.4. The first-order valence-corrected chi connectivity index (χ1v) is 14.1. The van der Waals surface area contributed by atoms with Gasteiger partial charge in [-0.05, 0) is 75.5 Å². The molecule has 0 bridgehead atoms. The lowest BCUT2D eigenvalue weighted by Gasteiger charge is -2.61. The van der Waals surface area contributed by atoms with E-state index in [-0.39, 0.29) is 16.7 Å². The van der Waals surface area contributed by atoms with E-state index in [4.69, 9.17) is 0 Å². The fourth-order valence-corrected chi connectivity index (χ4v) is 8.52. The number of carbonyl (C=O) groups is 2. The lowest BCUT2D eigenvalue weighted by Crippen LogP contribution is -2.58. The van der Waals surface area contributed by atoms with Gasteiger partial charge in [0.05, 0.1) is 0 Å². The normalized spacial score (nSPS) is 37.8. The number of hydrogen-bond donors (Lipinski definition) is 0. The SMILES string of the molecule is CCCCCCN1C[C@@H]2[C@@H](CC[C@]3(C)C(C(=O)N(CC)CC)CC[C@@H]23)[C@@]2(C)CCC(=O)C=C12. The molecular weight excluding hydrogens is 408 g/mol. The maximum Gasteiger partial charge on any atom is 0.226 e. The summed E-state index contributed by atoms with van der Waals surface area (Å²) in [7, 11) is 0. The largest absolute Gasteiger partial charge is 0.374 e. The number of unbranched alkanes of at least 4 members (excludes halogenated alkanes) is 3. The number of amides is 1. The average Bonchev–Trinajstić information content (AvgIpc) is 3.15. The molecular formula is C29H48N2O2. The van der Waals surface area contributed by atoms with Crippen LogP contribution < -0.4 is 0 Å². The summed E-state index contributed by atoms with van der Waals surface area (Å²) in [5.74, 6) is 2.87. The van der Waals surface area contributed by atoms with E-state index in [1.54, 1.807) is 0 Å². The van der Waals surface area contributed by atoms with Crippen LogP contribution in [-0.4, -0.2) is 47.7 Å². The van der Waals surface area contributed by atoms with E-state index < -0.39 is 0 Å². The zero-order valence-corrected chi connectivity index (χ0v) is 22.0. The Morgan fingerprint density at radius 3 is 2.48 bits per heavy atom. The number of allylic oxidation sites excluding steroid dienone is 2. The first kappa shape index (κ1) is 24.8. The third-order valence-corrected chi connectivity index (χ3v) is 10.5. The molecule has 0 aromatic heterocycles. The van der Waals surface area contributed by atoms with Crippen LogP contribution in [-0.2, 0) is 9.59 Å². The zero-order chi connectivity index (χ0) is 23.8. The Hall–Kier alpha value is -1.32. The summed E-state index contributed by atoms with van der Waals surface area (Å²) in [4.78, 5) is 30.7. The molecule has 4 aliphatic rings. The van der Waals surface area contributed by atoms with Crippen molar-refractivity contribution in [2.45, 2.75) is 98.8 Å². The number of ketones is 1. The van der Waals surface area contributed by atoms with Gasteiger partial charge in [0.2, 0.25) is 5.91 Å². The van der Waals surface area contributed by atoms with Gasteiger partial charge in [0.15, 0.2) is 5.78 Å². The number of rotatable bonds is 8. The smallest absolute Gasteiger partial charge is 0.226 e. The van der Waals surface area contributed by atoms with Crippen molar-refractivity contribution in [2.75, 3.05) is 26.2 Å². The molecule has 186 valence electrons. The van der Waals surface area contributed by atoms with Gasteiger partial charge in [-0.2, -0.15) is 0 Å². The molecule has 1 unspecified atom stereocenters. The molecule has 0 spiro atoms. The first-order valence-electron chi connectivity index (χ1n) is 14.1. The van der Waals surface area contributed by atoms with E-state index in [0.29, 0.717) is 35.9 Å². The monoisotopic (exact) mass is 456 g/mol. The highest BCUT2D eigenvalue weighted by Gasteiger charge is 2.61. The molecule has 1 amide bonds. The van der Waals surface area contributed by atoms with Crippen LogP contribution in [0.15, 0.2) is 11.8 Å². The number of piperidine rings is 1.